The lowest BCUT2D eigenvalue weighted by Gasteiger charge is -2.08. The summed E-state index contributed by atoms with van der Waals surface area (Å²) >= 11 is 12.8. The average Bonchev–Trinajstić information content (AvgIpc) is 2.42. The van der Waals surface area contributed by atoms with Gasteiger partial charge in [0.25, 0.3) is 0 Å². The summed E-state index contributed by atoms with van der Waals surface area (Å²) in [5, 5.41) is 20.0. The molecule has 0 saturated carbocycles. The first-order chi connectivity index (χ1) is 6.52. The third-order valence-electron chi connectivity index (χ3n) is 1.70. The Kier molecular flexibility index (Phi) is 4.19. The molecule has 1 aromatic heterocycles. The van der Waals surface area contributed by atoms with Gasteiger partial charge in [0.05, 0.1) is 11.1 Å². The lowest BCUT2D eigenvalue weighted by molar-refractivity contribution is -0.137. The van der Waals surface area contributed by atoms with Crippen LogP contribution in [0, 0.1) is 0 Å². The number of hydrogen-bond acceptors (Lipinski definition) is 3. The van der Waals surface area contributed by atoms with Gasteiger partial charge in [0.1, 0.15) is 4.34 Å². The lowest BCUT2D eigenvalue weighted by Crippen LogP contribution is -2.02. The van der Waals surface area contributed by atoms with Crippen molar-refractivity contribution >= 4 is 40.5 Å². The minimum Gasteiger partial charge on any atom is -0.481 e. The zero-order chi connectivity index (χ0) is 10.7. The SMILES string of the molecule is O=C(O)CCC(O)c1c(Cl)csc1Cl. The highest BCUT2D eigenvalue weighted by Crippen LogP contribution is 2.37. The van der Waals surface area contributed by atoms with Crippen molar-refractivity contribution in [1.29, 1.82) is 0 Å². The van der Waals surface area contributed by atoms with Crippen LogP contribution in [0.5, 0.6) is 0 Å². The first kappa shape index (κ1) is 11.8. The van der Waals surface area contributed by atoms with E-state index >= 15 is 0 Å². The molecule has 14 heavy (non-hydrogen) atoms. The summed E-state index contributed by atoms with van der Waals surface area (Å²) in [7, 11) is 0. The third kappa shape index (κ3) is 2.85. The molecule has 6 heteroatoms. The zero-order valence-electron chi connectivity index (χ0n) is 7.04. The maximum atomic E-state index is 10.3. The summed E-state index contributed by atoms with van der Waals surface area (Å²) < 4.78 is 0.410. The molecule has 78 valence electrons. The molecular formula is C8H8Cl2O3S. The summed E-state index contributed by atoms with van der Waals surface area (Å²) in [4.78, 5) is 10.3. The van der Waals surface area contributed by atoms with Crippen LogP contribution in [0.4, 0.5) is 0 Å². The molecule has 0 saturated heterocycles. The highest BCUT2D eigenvalue weighted by Gasteiger charge is 2.18. The van der Waals surface area contributed by atoms with E-state index in [1.165, 1.54) is 11.3 Å². The highest BCUT2D eigenvalue weighted by molar-refractivity contribution is 7.15. The maximum Gasteiger partial charge on any atom is 0.303 e. The molecular weight excluding hydrogens is 247 g/mol. The molecule has 1 atom stereocenters. The molecule has 0 aliphatic heterocycles. The van der Waals surface area contributed by atoms with E-state index in [1.807, 2.05) is 0 Å². The standard InChI is InChI=1S/C8H8Cl2O3S/c9-4-3-14-8(10)7(4)5(11)1-2-6(12)13/h3,5,11H,1-2H2,(H,12,13). The van der Waals surface area contributed by atoms with Crippen molar-refractivity contribution in [1.82, 2.24) is 0 Å². The minimum atomic E-state index is -0.952. The molecule has 0 aromatic carbocycles. The lowest BCUT2D eigenvalue weighted by atomic mass is 10.1. The fourth-order valence-electron chi connectivity index (χ4n) is 1.02. The predicted octanol–water partition coefficient (Wildman–Crippen LogP) is 2.95. The Bertz CT molecular complexity index is 318. The van der Waals surface area contributed by atoms with E-state index in [4.69, 9.17) is 28.3 Å². The number of aliphatic hydroxyl groups excluding tert-OH is 1. The third-order valence-corrected chi connectivity index (χ3v) is 3.39. The van der Waals surface area contributed by atoms with Gasteiger partial charge in [0.15, 0.2) is 0 Å². The second-order valence-corrected chi connectivity index (χ2v) is 4.61. The Morgan fingerprint density at radius 1 is 1.57 bits per heavy atom. The molecule has 0 fully saturated rings. The minimum absolute atomic E-state index is 0.107. The van der Waals surface area contributed by atoms with Crippen LogP contribution < -0.4 is 0 Å². The first-order valence-corrected chi connectivity index (χ1v) is 5.48. The van der Waals surface area contributed by atoms with Crippen molar-refractivity contribution in [3.8, 4) is 0 Å². The molecule has 0 aliphatic rings. The topological polar surface area (TPSA) is 57.5 Å². The molecule has 0 spiro atoms. The van der Waals surface area contributed by atoms with Crippen molar-refractivity contribution in [3.63, 3.8) is 0 Å². The van der Waals surface area contributed by atoms with Crippen LogP contribution in [0.1, 0.15) is 24.5 Å². The number of hydrogen-bond donors (Lipinski definition) is 2. The van der Waals surface area contributed by atoms with E-state index in [1.54, 1.807) is 5.38 Å². The second-order valence-electron chi connectivity index (χ2n) is 2.72. The van der Waals surface area contributed by atoms with Gasteiger partial charge in [-0.15, -0.1) is 11.3 Å². The van der Waals surface area contributed by atoms with E-state index in [2.05, 4.69) is 0 Å². The number of aliphatic hydroxyl groups is 1. The van der Waals surface area contributed by atoms with Gasteiger partial charge in [-0.3, -0.25) is 4.79 Å². The number of carbonyl (C=O) groups is 1. The summed E-state index contributed by atoms with van der Waals surface area (Å²) in [6, 6.07) is 0. The molecule has 0 radical (unpaired) electrons. The van der Waals surface area contributed by atoms with Crippen LogP contribution in [0.3, 0.4) is 0 Å². The Balaban J connectivity index is 2.69. The normalized spacial score (nSPS) is 12.8. The number of carboxylic acids is 1. The molecule has 1 rings (SSSR count). The van der Waals surface area contributed by atoms with Crippen LogP contribution in [-0.4, -0.2) is 16.2 Å². The maximum absolute atomic E-state index is 10.3. The van der Waals surface area contributed by atoms with E-state index in [-0.39, 0.29) is 12.8 Å². The molecule has 3 nitrogen and oxygen atoms in total. The zero-order valence-corrected chi connectivity index (χ0v) is 9.36. The Morgan fingerprint density at radius 2 is 2.21 bits per heavy atom. The van der Waals surface area contributed by atoms with Gasteiger partial charge >= 0.3 is 5.97 Å². The smallest absolute Gasteiger partial charge is 0.303 e. The van der Waals surface area contributed by atoms with Crippen LogP contribution in [0.15, 0.2) is 5.38 Å². The van der Waals surface area contributed by atoms with Gasteiger partial charge in [0, 0.05) is 17.4 Å². The van der Waals surface area contributed by atoms with Crippen LogP contribution >= 0.6 is 34.5 Å². The van der Waals surface area contributed by atoms with E-state index in [9.17, 15) is 9.90 Å². The van der Waals surface area contributed by atoms with Crippen molar-refractivity contribution < 1.29 is 15.0 Å². The molecule has 0 amide bonds. The van der Waals surface area contributed by atoms with Gasteiger partial charge in [-0.2, -0.15) is 0 Å². The number of rotatable bonds is 4. The molecule has 2 N–H and O–H groups in total. The Morgan fingerprint density at radius 3 is 2.64 bits per heavy atom. The van der Waals surface area contributed by atoms with Crippen LogP contribution in [-0.2, 0) is 4.79 Å². The molecule has 0 bridgehead atoms. The molecule has 1 heterocycles. The van der Waals surface area contributed by atoms with Crippen molar-refractivity contribution in [2.75, 3.05) is 0 Å². The molecule has 1 aromatic rings. The van der Waals surface area contributed by atoms with Gasteiger partial charge in [-0.25, -0.2) is 0 Å². The number of aliphatic carboxylic acids is 1. The summed E-state index contributed by atoms with van der Waals surface area (Å²) in [5.41, 5.74) is 0.430. The first-order valence-electron chi connectivity index (χ1n) is 3.84. The van der Waals surface area contributed by atoms with Gasteiger partial charge in [-0.05, 0) is 6.42 Å². The monoisotopic (exact) mass is 254 g/mol. The largest absolute Gasteiger partial charge is 0.481 e. The predicted molar refractivity (Wildman–Crippen MR) is 56.2 cm³/mol. The van der Waals surface area contributed by atoms with E-state index in [0.717, 1.165) is 0 Å². The van der Waals surface area contributed by atoms with Gasteiger partial charge in [0.2, 0.25) is 0 Å². The Labute approximate surface area is 94.9 Å². The van der Waals surface area contributed by atoms with Crippen molar-refractivity contribution in [3.05, 3.63) is 20.3 Å². The molecule has 0 aliphatic carbocycles. The van der Waals surface area contributed by atoms with Crippen molar-refractivity contribution in [2.24, 2.45) is 0 Å². The quantitative estimate of drug-likeness (QED) is 0.869. The number of halogens is 2. The van der Waals surface area contributed by atoms with Crippen LogP contribution in [0.2, 0.25) is 9.36 Å². The van der Waals surface area contributed by atoms with Gasteiger partial charge in [-0.1, -0.05) is 23.2 Å². The van der Waals surface area contributed by atoms with Crippen LogP contribution in [0.25, 0.3) is 0 Å². The average molecular weight is 255 g/mol. The number of carboxylic acid groups (broad SMARTS) is 1. The Hall–Kier alpha value is -0.290. The van der Waals surface area contributed by atoms with E-state index in [0.29, 0.717) is 14.9 Å². The summed E-state index contributed by atoms with van der Waals surface area (Å²) in [5.74, 6) is -0.952. The highest BCUT2D eigenvalue weighted by atomic mass is 35.5. The van der Waals surface area contributed by atoms with E-state index < -0.39 is 12.1 Å². The second kappa shape index (κ2) is 4.98. The summed E-state index contributed by atoms with van der Waals surface area (Å²) in [6.07, 6.45) is -0.896. The molecule has 1 unspecified atom stereocenters. The fraction of sp³-hybridized carbons (Fsp3) is 0.375. The van der Waals surface area contributed by atoms with Gasteiger partial charge < -0.3 is 10.2 Å². The number of thiophene rings is 1. The fourth-order valence-corrected chi connectivity index (χ4v) is 2.55. The summed E-state index contributed by atoms with van der Waals surface area (Å²) in [6.45, 7) is 0. The van der Waals surface area contributed by atoms with Crippen molar-refractivity contribution in [2.45, 2.75) is 18.9 Å².